The molecule has 0 radical (unpaired) electrons. The van der Waals surface area contributed by atoms with Crippen LogP contribution in [0.1, 0.15) is 34.1 Å². The fraction of sp³-hybridized carbons (Fsp3) is 0.250. The number of carboxylic acid groups (broad SMARTS) is 1. The Morgan fingerprint density at radius 2 is 1.97 bits per heavy atom. The Bertz CT molecular complexity index is 1160. The Hall–Kier alpha value is -3.25. The molecule has 1 unspecified atom stereocenters. The largest absolute Gasteiger partial charge is 0.479 e. The molecular formula is C24H24ClNO5. The van der Waals surface area contributed by atoms with Gasteiger partial charge in [-0.25, -0.2) is 9.59 Å². The summed E-state index contributed by atoms with van der Waals surface area (Å²) in [7, 11) is 0. The molecule has 0 fully saturated rings. The van der Waals surface area contributed by atoms with Crippen LogP contribution in [0.15, 0.2) is 49.1 Å². The van der Waals surface area contributed by atoms with E-state index >= 15 is 0 Å². The second kappa shape index (κ2) is 9.27. The summed E-state index contributed by atoms with van der Waals surface area (Å²) in [6.45, 7) is 9.66. The molecule has 0 saturated carbocycles. The highest BCUT2D eigenvalue weighted by atomic mass is 35.5. The number of ether oxygens (including phenoxy) is 2. The van der Waals surface area contributed by atoms with Crippen LogP contribution in [0.2, 0.25) is 5.02 Å². The van der Waals surface area contributed by atoms with Gasteiger partial charge in [0.05, 0.1) is 5.56 Å². The monoisotopic (exact) mass is 441 g/mol. The zero-order valence-corrected chi connectivity index (χ0v) is 18.4. The molecule has 0 saturated heterocycles. The Morgan fingerprint density at radius 3 is 2.65 bits per heavy atom. The van der Waals surface area contributed by atoms with Crippen LogP contribution in [0.3, 0.4) is 0 Å². The number of aryl methyl sites for hydroxylation is 1. The smallest absolute Gasteiger partial charge is 0.344 e. The average Bonchev–Trinajstić information content (AvgIpc) is 2.98. The number of hydrogen-bond donors (Lipinski definition) is 1. The predicted octanol–water partition coefficient (Wildman–Crippen LogP) is 5.15. The first-order valence-corrected chi connectivity index (χ1v) is 10.2. The standard InChI is InChI=1S/C24H24ClNO5/c1-5-10-30-24(29)17-6-9-22-20(12-17)14(2)15(3)26(22)13-18-11-19(7-8-21(18)25)31-16(4)23(27)28/h5-9,11-12,16H,1,10,13H2,2-4H3,(H,27,28). The summed E-state index contributed by atoms with van der Waals surface area (Å²) in [6.07, 6.45) is 0.561. The number of benzene rings is 2. The van der Waals surface area contributed by atoms with Crippen LogP contribution in [-0.4, -0.2) is 34.3 Å². The van der Waals surface area contributed by atoms with Crippen molar-refractivity contribution in [3.8, 4) is 5.75 Å². The quantitative estimate of drug-likeness (QED) is 0.386. The number of aromatic nitrogens is 1. The molecule has 162 valence electrons. The number of carbonyl (C=O) groups is 2. The zero-order valence-electron chi connectivity index (χ0n) is 17.6. The topological polar surface area (TPSA) is 77.8 Å². The molecule has 0 aliphatic heterocycles. The first-order valence-electron chi connectivity index (χ1n) is 9.78. The molecule has 0 aliphatic carbocycles. The van der Waals surface area contributed by atoms with Gasteiger partial charge in [-0.2, -0.15) is 0 Å². The number of halogens is 1. The van der Waals surface area contributed by atoms with Gasteiger partial charge in [0, 0.05) is 28.2 Å². The van der Waals surface area contributed by atoms with Crippen LogP contribution < -0.4 is 4.74 Å². The van der Waals surface area contributed by atoms with Crippen molar-refractivity contribution in [1.82, 2.24) is 4.57 Å². The summed E-state index contributed by atoms with van der Waals surface area (Å²) in [5.41, 5.74) is 4.32. The van der Waals surface area contributed by atoms with E-state index in [0.717, 1.165) is 27.7 Å². The van der Waals surface area contributed by atoms with E-state index in [-0.39, 0.29) is 6.61 Å². The van der Waals surface area contributed by atoms with Crippen LogP contribution in [0.4, 0.5) is 0 Å². The summed E-state index contributed by atoms with van der Waals surface area (Å²) in [6, 6.07) is 10.6. The molecule has 0 bridgehead atoms. The van der Waals surface area contributed by atoms with Gasteiger partial charge in [0.15, 0.2) is 6.10 Å². The van der Waals surface area contributed by atoms with Crippen molar-refractivity contribution < 1.29 is 24.2 Å². The van der Waals surface area contributed by atoms with E-state index in [2.05, 4.69) is 11.1 Å². The number of esters is 1. The normalized spacial score (nSPS) is 11.9. The molecule has 3 rings (SSSR count). The molecule has 1 atom stereocenters. The maximum absolute atomic E-state index is 12.2. The summed E-state index contributed by atoms with van der Waals surface area (Å²) < 4.78 is 12.7. The Morgan fingerprint density at radius 1 is 1.23 bits per heavy atom. The van der Waals surface area contributed by atoms with Gasteiger partial charge >= 0.3 is 11.9 Å². The lowest BCUT2D eigenvalue weighted by Gasteiger charge is -2.14. The van der Waals surface area contributed by atoms with Crippen LogP contribution in [0.25, 0.3) is 10.9 Å². The molecule has 31 heavy (non-hydrogen) atoms. The number of hydrogen-bond acceptors (Lipinski definition) is 4. The fourth-order valence-electron chi connectivity index (χ4n) is 3.37. The lowest BCUT2D eigenvalue weighted by molar-refractivity contribution is -0.144. The fourth-order valence-corrected chi connectivity index (χ4v) is 3.55. The van der Waals surface area contributed by atoms with Gasteiger partial charge in [0.2, 0.25) is 0 Å². The Kier molecular flexibility index (Phi) is 6.71. The second-order valence-corrected chi connectivity index (χ2v) is 7.67. The molecule has 0 amide bonds. The van der Waals surface area contributed by atoms with E-state index in [1.807, 2.05) is 26.0 Å². The maximum Gasteiger partial charge on any atom is 0.344 e. The van der Waals surface area contributed by atoms with Crippen LogP contribution in [-0.2, 0) is 16.1 Å². The number of carboxylic acids is 1. The van der Waals surface area contributed by atoms with Crippen molar-refractivity contribution in [2.24, 2.45) is 0 Å². The highest BCUT2D eigenvalue weighted by Gasteiger charge is 2.17. The third-order valence-corrected chi connectivity index (χ3v) is 5.58. The minimum absolute atomic E-state index is 0.160. The minimum Gasteiger partial charge on any atom is -0.479 e. The average molecular weight is 442 g/mol. The number of nitrogens with zero attached hydrogens (tertiary/aromatic N) is 1. The number of carbonyl (C=O) groups excluding carboxylic acids is 1. The van der Waals surface area contributed by atoms with Crippen molar-refractivity contribution in [3.05, 3.63) is 76.5 Å². The van der Waals surface area contributed by atoms with E-state index in [1.54, 1.807) is 24.3 Å². The summed E-state index contributed by atoms with van der Waals surface area (Å²) in [5, 5.41) is 10.6. The Balaban J connectivity index is 1.96. The summed E-state index contributed by atoms with van der Waals surface area (Å²) >= 11 is 6.42. The van der Waals surface area contributed by atoms with Gasteiger partial charge in [-0.3, -0.25) is 0 Å². The first kappa shape index (κ1) is 22.4. The highest BCUT2D eigenvalue weighted by molar-refractivity contribution is 6.31. The van der Waals surface area contributed by atoms with E-state index < -0.39 is 18.0 Å². The summed E-state index contributed by atoms with van der Waals surface area (Å²) in [5.74, 6) is -0.999. The maximum atomic E-state index is 12.2. The Labute approximate surface area is 185 Å². The molecule has 1 heterocycles. The molecule has 1 N–H and O–H groups in total. The third-order valence-electron chi connectivity index (χ3n) is 5.21. The lowest BCUT2D eigenvalue weighted by Crippen LogP contribution is -2.22. The van der Waals surface area contributed by atoms with Crippen LogP contribution >= 0.6 is 11.6 Å². The molecule has 2 aromatic carbocycles. The van der Waals surface area contributed by atoms with Crippen molar-refractivity contribution in [1.29, 1.82) is 0 Å². The lowest BCUT2D eigenvalue weighted by atomic mass is 10.1. The molecule has 3 aromatic rings. The van der Waals surface area contributed by atoms with E-state index in [1.165, 1.54) is 13.0 Å². The summed E-state index contributed by atoms with van der Waals surface area (Å²) in [4.78, 5) is 23.3. The van der Waals surface area contributed by atoms with Gasteiger partial charge in [0.25, 0.3) is 0 Å². The van der Waals surface area contributed by atoms with Crippen LogP contribution in [0, 0.1) is 13.8 Å². The zero-order chi connectivity index (χ0) is 22.7. The van der Waals surface area contributed by atoms with Gasteiger partial charge in [-0.1, -0.05) is 24.3 Å². The van der Waals surface area contributed by atoms with Crippen LogP contribution in [0.5, 0.6) is 5.75 Å². The number of rotatable bonds is 8. The van der Waals surface area contributed by atoms with E-state index in [4.69, 9.17) is 26.2 Å². The van der Waals surface area contributed by atoms with Crippen molar-refractivity contribution in [2.45, 2.75) is 33.4 Å². The van der Waals surface area contributed by atoms with Gasteiger partial charge in [-0.15, -0.1) is 0 Å². The van der Waals surface area contributed by atoms with Crippen molar-refractivity contribution in [2.75, 3.05) is 6.61 Å². The third kappa shape index (κ3) is 4.75. The minimum atomic E-state index is -1.04. The van der Waals surface area contributed by atoms with E-state index in [9.17, 15) is 9.59 Å². The molecule has 1 aromatic heterocycles. The predicted molar refractivity (Wildman–Crippen MR) is 120 cm³/mol. The van der Waals surface area contributed by atoms with Gasteiger partial charge < -0.3 is 19.1 Å². The number of fused-ring (bicyclic) bond motifs is 1. The molecule has 6 nitrogen and oxygen atoms in total. The molecular weight excluding hydrogens is 418 g/mol. The van der Waals surface area contributed by atoms with E-state index in [0.29, 0.717) is 22.9 Å². The first-order chi connectivity index (χ1) is 14.7. The number of aliphatic carboxylic acids is 1. The molecule has 0 spiro atoms. The molecule has 0 aliphatic rings. The van der Waals surface area contributed by atoms with Gasteiger partial charge in [0.1, 0.15) is 12.4 Å². The van der Waals surface area contributed by atoms with Gasteiger partial charge in [-0.05, 0) is 68.3 Å². The second-order valence-electron chi connectivity index (χ2n) is 7.27. The highest BCUT2D eigenvalue weighted by Crippen LogP contribution is 2.30. The molecule has 7 heteroatoms. The van der Waals surface area contributed by atoms with Crippen molar-refractivity contribution in [3.63, 3.8) is 0 Å². The van der Waals surface area contributed by atoms with Crippen molar-refractivity contribution >= 4 is 34.4 Å². The SMILES string of the molecule is C=CCOC(=O)c1ccc2c(c1)c(C)c(C)n2Cc1cc(OC(C)C(=O)O)ccc1Cl.